The van der Waals surface area contributed by atoms with Crippen LogP contribution in [0.15, 0.2) is 146 Å². The van der Waals surface area contributed by atoms with Gasteiger partial charge in [0, 0.05) is 83.5 Å². The van der Waals surface area contributed by atoms with Crippen LogP contribution in [0.3, 0.4) is 0 Å². The highest BCUT2D eigenvalue weighted by molar-refractivity contribution is 6.10. The molecule has 3 aromatic heterocycles. The Morgan fingerprint density at radius 2 is 0.543 bits per heavy atom. The van der Waals surface area contributed by atoms with E-state index in [0.29, 0.717) is 0 Å². The topological polar surface area (TPSA) is 14.8 Å². The molecule has 9 rings (SSSR count). The van der Waals surface area contributed by atoms with Gasteiger partial charge in [-0.15, -0.1) is 0 Å². The monoisotopic (exact) mass is 595 g/mol. The number of benzene rings is 6. The van der Waals surface area contributed by atoms with Crippen molar-refractivity contribution in [3.8, 4) is 0 Å². The Balaban J connectivity index is 1.23. The van der Waals surface area contributed by atoms with Crippen LogP contribution in [0, 0.1) is 0 Å². The second kappa shape index (κ2) is 10.7. The maximum absolute atomic E-state index is 2.67. The Kier molecular flexibility index (Phi) is 6.28. The standard InChI is InChI=1S/C43H37N3/c1-29(44-38-21-9-3-15-32(38)33-16-4-10-22-39(33)44)27-31(46-42-25-13-7-19-36(42)37-20-8-14-26-43(37)46)28-30(2)45-40-23-11-5-17-34(40)35-18-6-12-24-41(35)45/h3-26,29-31H,27-28H2,1-2H3. The average molecular weight is 596 g/mol. The van der Waals surface area contributed by atoms with E-state index in [1.54, 1.807) is 0 Å². The van der Waals surface area contributed by atoms with Gasteiger partial charge in [-0.3, -0.25) is 0 Å². The minimum Gasteiger partial charge on any atom is -0.338 e. The minimum absolute atomic E-state index is 0.259. The molecule has 0 fully saturated rings. The first-order valence-corrected chi connectivity index (χ1v) is 16.6. The van der Waals surface area contributed by atoms with Gasteiger partial charge >= 0.3 is 0 Å². The highest BCUT2D eigenvalue weighted by Gasteiger charge is 2.26. The lowest BCUT2D eigenvalue weighted by Crippen LogP contribution is -2.19. The molecule has 0 saturated heterocycles. The Morgan fingerprint density at radius 3 is 0.804 bits per heavy atom. The third-order valence-corrected chi connectivity index (χ3v) is 10.3. The van der Waals surface area contributed by atoms with Gasteiger partial charge < -0.3 is 13.7 Å². The highest BCUT2D eigenvalue weighted by atomic mass is 15.1. The molecule has 2 atom stereocenters. The number of rotatable bonds is 7. The molecule has 6 aromatic carbocycles. The van der Waals surface area contributed by atoms with Gasteiger partial charge in [-0.1, -0.05) is 109 Å². The molecule has 2 unspecified atom stereocenters. The van der Waals surface area contributed by atoms with Gasteiger partial charge in [-0.05, 0) is 63.1 Å². The predicted molar refractivity (Wildman–Crippen MR) is 196 cm³/mol. The van der Waals surface area contributed by atoms with Gasteiger partial charge in [-0.25, -0.2) is 0 Å². The lowest BCUT2D eigenvalue weighted by molar-refractivity contribution is 0.339. The van der Waals surface area contributed by atoms with Crippen molar-refractivity contribution < 1.29 is 0 Å². The molecule has 0 aliphatic carbocycles. The second-order valence-electron chi connectivity index (χ2n) is 13.0. The zero-order valence-corrected chi connectivity index (χ0v) is 26.3. The van der Waals surface area contributed by atoms with Gasteiger partial charge in [0.25, 0.3) is 0 Å². The van der Waals surface area contributed by atoms with E-state index in [1.807, 2.05) is 0 Å². The van der Waals surface area contributed by atoms with Crippen molar-refractivity contribution in [2.45, 2.75) is 44.8 Å². The normalized spacial score (nSPS) is 14.2. The third-order valence-electron chi connectivity index (χ3n) is 10.3. The van der Waals surface area contributed by atoms with Crippen molar-refractivity contribution in [3.63, 3.8) is 0 Å². The number of fused-ring (bicyclic) bond motifs is 9. The summed E-state index contributed by atoms with van der Waals surface area (Å²) < 4.78 is 7.85. The van der Waals surface area contributed by atoms with Crippen LogP contribution in [0.2, 0.25) is 0 Å². The quantitative estimate of drug-likeness (QED) is 0.174. The van der Waals surface area contributed by atoms with Crippen molar-refractivity contribution in [3.05, 3.63) is 146 Å². The fourth-order valence-electron chi connectivity index (χ4n) is 8.51. The Morgan fingerprint density at radius 1 is 0.326 bits per heavy atom. The number of hydrogen-bond acceptors (Lipinski definition) is 0. The van der Waals surface area contributed by atoms with Gasteiger partial charge in [0.2, 0.25) is 0 Å². The van der Waals surface area contributed by atoms with Gasteiger partial charge in [-0.2, -0.15) is 0 Å². The zero-order chi connectivity index (χ0) is 30.8. The van der Waals surface area contributed by atoms with E-state index >= 15 is 0 Å². The molecule has 3 heteroatoms. The first-order chi connectivity index (χ1) is 22.7. The van der Waals surface area contributed by atoms with Crippen molar-refractivity contribution in [1.82, 2.24) is 13.7 Å². The summed E-state index contributed by atoms with van der Waals surface area (Å²) in [5, 5.41) is 7.98. The van der Waals surface area contributed by atoms with E-state index in [9.17, 15) is 0 Å². The summed E-state index contributed by atoms with van der Waals surface area (Å²) >= 11 is 0. The predicted octanol–water partition coefficient (Wildman–Crippen LogP) is 11.9. The van der Waals surface area contributed by atoms with Gasteiger partial charge in [0.15, 0.2) is 0 Å². The molecule has 3 nitrogen and oxygen atoms in total. The van der Waals surface area contributed by atoms with E-state index in [-0.39, 0.29) is 18.1 Å². The molecule has 0 spiro atoms. The number of para-hydroxylation sites is 6. The van der Waals surface area contributed by atoms with E-state index in [4.69, 9.17) is 0 Å². The number of hydrogen-bond donors (Lipinski definition) is 0. The van der Waals surface area contributed by atoms with E-state index < -0.39 is 0 Å². The molecule has 0 radical (unpaired) electrons. The summed E-state index contributed by atoms with van der Waals surface area (Å²) in [6.07, 6.45) is 2.01. The van der Waals surface area contributed by atoms with Crippen LogP contribution in [0.4, 0.5) is 0 Å². The summed E-state index contributed by atoms with van der Waals surface area (Å²) in [4.78, 5) is 0. The second-order valence-corrected chi connectivity index (χ2v) is 13.0. The number of aromatic nitrogens is 3. The highest BCUT2D eigenvalue weighted by Crippen LogP contribution is 2.42. The molecule has 224 valence electrons. The first-order valence-electron chi connectivity index (χ1n) is 16.6. The summed E-state index contributed by atoms with van der Waals surface area (Å²) in [5.41, 5.74) is 7.88. The average Bonchev–Trinajstić information content (AvgIpc) is 3.74. The van der Waals surface area contributed by atoms with E-state index in [2.05, 4.69) is 173 Å². The summed E-state index contributed by atoms with van der Waals surface area (Å²) in [6, 6.07) is 54.4. The van der Waals surface area contributed by atoms with Crippen LogP contribution in [-0.2, 0) is 0 Å². The summed E-state index contributed by atoms with van der Waals surface area (Å²) in [7, 11) is 0. The summed E-state index contributed by atoms with van der Waals surface area (Å²) in [5.74, 6) is 0. The molecular formula is C43H37N3. The van der Waals surface area contributed by atoms with Crippen molar-refractivity contribution in [2.24, 2.45) is 0 Å². The van der Waals surface area contributed by atoms with Crippen LogP contribution in [0.5, 0.6) is 0 Å². The van der Waals surface area contributed by atoms with Crippen LogP contribution >= 0.6 is 0 Å². The van der Waals surface area contributed by atoms with Crippen LogP contribution in [0.25, 0.3) is 65.4 Å². The Hall–Kier alpha value is -5.28. The molecule has 9 aromatic rings. The summed E-state index contributed by atoms with van der Waals surface area (Å²) in [6.45, 7) is 4.84. The number of nitrogens with zero attached hydrogens (tertiary/aromatic N) is 3. The largest absolute Gasteiger partial charge is 0.338 e. The lowest BCUT2D eigenvalue weighted by atomic mass is 9.99. The minimum atomic E-state index is 0.259. The molecule has 46 heavy (non-hydrogen) atoms. The van der Waals surface area contributed by atoms with Gasteiger partial charge in [0.1, 0.15) is 0 Å². The van der Waals surface area contributed by atoms with Crippen molar-refractivity contribution in [1.29, 1.82) is 0 Å². The van der Waals surface area contributed by atoms with Crippen molar-refractivity contribution >= 4 is 65.4 Å². The fraction of sp³-hybridized carbons (Fsp3) is 0.163. The molecule has 0 amide bonds. The van der Waals surface area contributed by atoms with E-state index in [1.165, 1.54) is 65.4 Å². The lowest BCUT2D eigenvalue weighted by Gasteiger charge is -2.30. The Labute approximate surface area is 268 Å². The molecular weight excluding hydrogens is 558 g/mol. The zero-order valence-electron chi connectivity index (χ0n) is 26.3. The molecule has 0 aliphatic heterocycles. The van der Waals surface area contributed by atoms with Crippen LogP contribution in [-0.4, -0.2) is 13.7 Å². The van der Waals surface area contributed by atoms with Crippen LogP contribution in [0.1, 0.15) is 44.8 Å². The van der Waals surface area contributed by atoms with E-state index in [0.717, 1.165) is 12.8 Å². The SMILES string of the molecule is CC(CC(CC(C)n1c2ccccc2c2ccccc21)n1c2ccccc2c2ccccc21)n1c2ccccc2c2ccccc21. The molecule has 0 bridgehead atoms. The Bertz CT molecular complexity index is 2260. The molecule has 3 heterocycles. The van der Waals surface area contributed by atoms with Crippen LogP contribution < -0.4 is 0 Å². The smallest absolute Gasteiger partial charge is 0.0494 e. The molecule has 0 saturated carbocycles. The molecule has 0 aliphatic rings. The third kappa shape index (κ3) is 4.04. The first kappa shape index (κ1) is 27.1. The molecule has 0 N–H and O–H groups in total. The maximum atomic E-state index is 2.67. The van der Waals surface area contributed by atoms with Crippen molar-refractivity contribution in [2.75, 3.05) is 0 Å². The van der Waals surface area contributed by atoms with Gasteiger partial charge in [0.05, 0.1) is 0 Å². The maximum Gasteiger partial charge on any atom is 0.0494 e. The fourth-order valence-corrected chi connectivity index (χ4v) is 8.51.